The van der Waals surface area contributed by atoms with Gasteiger partial charge in [-0.25, -0.2) is 9.59 Å². The van der Waals surface area contributed by atoms with E-state index in [0.717, 1.165) is 12.0 Å². The van der Waals surface area contributed by atoms with Crippen molar-refractivity contribution < 1.29 is 24.2 Å². The lowest BCUT2D eigenvalue weighted by atomic mass is 9.83. The van der Waals surface area contributed by atoms with Crippen molar-refractivity contribution >= 4 is 12.1 Å². The zero-order valence-electron chi connectivity index (χ0n) is 18.5. The first-order valence-corrected chi connectivity index (χ1v) is 10.3. The summed E-state index contributed by atoms with van der Waals surface area (Å²) in [7, 11) is 0. The fourth-order valence-corrected chi connectivity index (χ4v) is 3.54. The van der Waals surface area contributed by atoms with Gasteiger partial charge in [0.25, 0.3) is 0 Å². The second-order valence-corrected chi connectivity index (χ2v) is 9.72. The predicted octanol–water partition coefficient (Wildman–Crippen LogP) is 4.36. The maximum atomic E-state index is 12.4. The number of ether oxygens (including phenoxy) is 2. The summed E-state index contributed by atoms with van der Waals surface area (Å²) in [4.78, 5) is 26.4. The quantitative estimate of drug-likeness (QED) is 0.756. The summed E-state index contributed by atoms with van der Waals surface area (Å²) in [5.41, 5.74) is 0.497. The average Bonchev–Trinajstić information content (AvgIpc) is 2.81. The summed E-state index contributed by atoms with van der Waals surface area (Å²) >= 11 is 0. The fraction of sp³-hybridized carbons (Fsp3) is 0.652. The number of rotatable bonds is 3. The van der Waals surface area contributed by atoms with Gasteiger partial charge in [0.15, 0.2) is 0 Å². The maximum Gasteiger partial charge on any atom is 0.410 e. The number of benzene rings is 1. The van der Waals surface area contributed by atoms with E-state index in [1.165, 1.54) is 0 Å². The molecule has 0 radical (unpaired) electrons. The third kappa shape index (κ3) is 7.03. The van der Waals surface area contributed by atoms with Crippen molar-refractivity contribution in [1.29, 1.82) is 0 Å². The van der Waals surface area contributed by atoms with E-state index in [9.17, 15) is 14.7 Å². The van der Waals surface area contributed by atoms with Crippen LogP contribution < -0.4 is 0 Å². The number of aliphatic hydroxyl groups is 1. The summed E-state index contributed by atoms with van der Waals surface area (Å²) < 4.78 is 10.9. The Labute approximate surface area is 174 Å². The van der Waals surface area contributed by atoms with Crippen LogP contribution in [0, 0.1) is 5.92 Å². The first kappa shape index (κ1) is 23.2. The van der Waals surface area contributed by atoms with Gasteiger partial charge in [-0.15, -0.1) is 0 Å². The van der Waals surface area contributed by atoms with Gasteiger partial charge in [0.05, 0.1) is 5.56 Å². The monoisotopic (exact) mass is 405 g/mol. The van der Waals surface area contributed by atoms with Crippen molar-refractivity contribution in [3.63, 3.8) is 0 Å². The normalized spacial score (nSPS) is 20.7. The number of amides is 1. The van der Waals surface area contributed by atoms with E-state index in [1.807, 2.05) is 53.7 Å². The molecule has 1 aliphatic heterocycles. The molecule has 1 saturated heterocycles. The van der Waals surface area contributed by atoms with Crippen molar-refractivity contribution in [2.75, 3.05) is 19.7 Å². The third-order valence-electron chi connectivity index (χ3n) is 4.91. The number of likely N-dealkylation sites (tertiary alicyclic amines) is 1. The van der Waals surface area contributed by atoms with Gasteiger partial charge in [-0.3, -0.25) is 0 Å². The molecule has 0 bridgehead atoms. The van der Waals surface area contributed by atoms with Crippen LogP contribution in [0.4, 0.5) is 4.79 Å². The number of nitrogens with zero attached hydrogens (tertiary/aromatic N) is 1. The number of carbonyl (C=O) groups is 2. The summed E-state index contributed by atoms with van der Waals surface area (Å²) in [5.74, 6) is -0.185. The first-order valence-electron chi connectivity index (χ1n) is 10.3. The molecule has 1 N–H and O–H groups in total. The molecule has 1 amide bonds. The van der Waals surface area contributed by atoms with Crippen LogP contribution >= 0.6 is 0 Å². The molecule has 1 aliphatic rings. The van der Waals surface area contributed by atoms with Gasteiger partial charge in [-0.2, -0.15) is 0 Å². The van der Waals surface area contributed by atoms with Crippen molar-refractivity contribution in [1.82, 2.24) is 4.90 Å². The molecule has 1 heterocycles. The molecule has 0 spiro atoms. The summed E-state index contributed by atoms with van der Waals surface area (Å²) in [6.45, 7) is 12.3. The van der Waals surface area contributed by atoms with Crippen LogP contribution in [0.2, 0.25) is 0 Å². The topological polar surface area (TPSA) is 76.1 Å². The average molecular weight is 406 g/mol. The Hall–Kier alpha value is -2.08. The zero-order valence-corrected chi connectivity index (χ0v) is 18.5. The lowest BCUT2D eigenvalue weighted by Crippen LogP contribution is -2.37. The van der Waals surface area contributed by atoms with Gasteiger partial charge < -0.3 is 19.5 Å². The molecular formula is C23H35NO5. The molecule has 2 rings (SSSR count). The SMILES string of the molecule is CC(C)(C)OC(=O)c1ccc([C@@H]2CCN(C(=O)OC(C)(C)C)CC[C@H]2CO)cc1. The molecule has 6 heteroatoms. The molecule has 1 fully saturated rings. The van der Waals surface area contributed by atoms with Crippen LogP contribution in [0.25, 0.3) is 0 Å². The number of hydrogen-bond acceptors (Lipinski definition) is 5. The van der Waals surface area contributed by atoms with E-state index >= 15 is 0 Å². The largest absolute Gasteiger partial charge is 0.456 e. The minimum atomic E-state index is -0.538. The Morgan fingerprint density at radius 2 is 1.52 bits per heavy atom. The molecule has 0 unspecified atom stereocenters. The number of carbonyl (C=O) groups excluding carboxylic acids is 2. The first-order chi connectivity index (χ1) is 13.4. The van der Waals surface area contributed by atoms with Gasteiger partial charge in [-0.05, 0) is 83.9 Å². The molecule has 0 aliphatic carbocycles. The van der Waals surface area contributed by atoms with Crippen LogP contribution in [0.15, 0.2) is 24.3 Å². The van der Waals surface area contributed by atoms with Crippen LogP contribution in [-0.2, 0) is 9.47 Å². The second-order valence-electron chi connectivity index (χ2n) is 9.72. The smallest absolute Gasteiger partial charge is 0.410 e. The number of esters is 1. The van der Waals surface area contributed by atoms with Crippen molar-refractivity contribution in [3.8, 4) is 0 Å². The molecule has 0 aromatic heterocycles. The zero-order chi connectivity index (χ0) is 21.8. The van der Waals surface area contributed by atoms with Crippen molar-refractivity contribution in [2.24, 2.45) is 5.92 Å². The van der Waals surface area contributed by atoms with Crippen molar-refractivity contribution in [2.45, 2.75) is 71.5 Å². The Balaban J connectivity index is 2.10. The molecule has 1 aromatic carbocycles. The summed E-state index contributed by atoms with van der Waals surface area (Å²) in [5, 5.41) is 9.92. The van der Waals surface area contributed by atoms with Crippen LogP contribution in [0.1, 0.15) is 76.2 Å². The summed E-state index contributed by atoms with van der Waals surface area (Å²) in [6, 6.07) is 7.40. The molecule has 1 aromatic rings. The molecule has 6 nitrogen and oxygen atoms in total. The highest BCUT2D eigenvalue weighted by Crippen LogP contribution is 2.34. The van der Waals surface area contributed by atoms with E-state index in [0.29, 0.717) is 25.1 Å². The standard InChI is InChI=1S/C23H35NO5/c1-22(2,3)28-20(26)17-9-7-16(8-10-17)19-12-14-24(13-11-18(19)15-25)21(27)29-23(4,5)6/h7-10,18-19,25H,11-15H2,1-6H3/t18-,19-/m0/s1. The Morgan fingerprint density at radius 3 is 2.03 bits per heavy atom. The van der Waals surface area contributed by atoms with Gasteiger partial charge in [0.2, 0.25) is 0 Å². The summed E-state index contributed by atoms with van der Waals surface area (Å²) in [6.07, 6.45) is 1.12. The van der Waals surface area contributed by atoms with Gasteiger partial charge in [0, 0.05) is 19.7 Å². The van der Waals surface area contributed by atoms with Gasteiger partial charge in [-0.1, -0.05) is 12.1 Å². The molecule has 2 atom stereocenters. The molecule has 29 heavy (non-hydrogen) atoms. The van der Waals surface area contributed by atoms with Gasteiger partial charge in [0.1, 0.15) is 11.2 Å². The Bertz CT molecular complexity index is 699. The predicted molar refractivity (Wildman–Crippen MR) is 112 cm³/mol. The van der Waals surface area contributed by atoms with E-state index in [4.69, 9.17) is 9.47 Å². The molecule has 0 saturated carbocycles. The third-order valence-corrected chi connectivity index (χ3v) is 4.91. The highest BCUT2D eigenvalue weighted by molar-refractivity contribution is 5.89. The lowest BCUT2D eigenvalue weighted by Gasteiger charge is -2.26. The van der Waals surface area contributed by atoms with Crippen molar-refractivity contribution in [3.05, 3.63) is 35.4 Å². The lowest BCUT2D eigenvalue weighted by molar-refractivity contribution is 0.00687. The van der Waals surface area contributed by atoms with Crippen LogP contribution in [0.3, 0.4) is 0 Å². The van der Waals surface area contributed by atoms with Crippen LogP contribution in [-0.4, -0.2) is 53.0 Å². The minimum Gasteiger partial charge on any atom is -0.456 e. The van der Waals surface area contributed by atoms with E-state index in [2.05, 4.69) is 0 Å². The Morgan fingerprint density at radius 1 is 0.966 bits per heavy atom. The maximum absolute atomic E-state index is 12.4. The van der Waals surface area contributed by atoms with E-state index in [1.54, 1.807) is 17.0 Å². The Kier molecular flexibility index (Phi) is 7.33. The molecular weight excluding hydrogens is 370 g/mol. The van der Waals surface area contributed by atoms with Gasteiger partial charge >= 0.3 is 12.1 Å². The number of hydrogen-bond donors (Lipinski definition) is 1. The van der Waals surface area contributed by atoms with Crippen LogP contribution in [0.5, 0.6) is 0 Å². The number of aliphatic hydroxyl groups excluding tert-OH is 1. The minimum absolute atomic E-state index is 0.0508. The molecule has 162 valence electrons. The van der Waals surface area contributed by atoms with E-state index in [-0.39, 0.29) is 30.5 Å². The fourth-order valence-electron chi connectivity index (χ4n) is 3.54. The highest BCUT2D eigenvalue weighted by Gasteiger charge is 2.31. The second kappa shape index (κ2) is 9.16. The van der Waals surface area contributed by atoms with E-state index < -0.39 is 11.2 Å². The highest BCUT2D eigenvalue weighted by atomic mass is 16.6.